The first kappa shape index (κ1) is 16.0. The van der Waals surface area contributed by atoms with Crippen LogP contribution in [0, 0.1) is 19.8 Å². The number of nitrogens with one attached hydrogen (secondary N) is 1. The van der Waals surface area contributed by atoms with Gasteiger partial charge in [-0.25, -0.2) is 9.97 Å². The summed E-state index contributed by atoms with van der Waals surface area (Å²) in [6, 6.07) is 0. The number of fused-ring (bicyclic) bond motifs is 1. The average molecular weight is 343 g/mol. The molecule has 24 heavy (non-hydrogen) atoms. The van der Waals surface area contributed by atoms with Gasteiger partial charge in [0.25, 0.3) is 5.91 Å². The van der Waals surface area contributed by atoms with Gasteiger partial charge in [0.15, 0.2) is 0 Å². The molecule has 2 aromatic rings. The van der Waals surface area contributed by atoms with E-state index in [0.717, 1.165) is 38.7 Å². The lowest BCUT2D eigenvalue weighted by atomic mass is 9.89. The van der Waals surface area contributed by atoms with Crippen molar-refractivity contribution in [3.8, 4) is 0 Å². The Morgan fingerprint density at radius 1 is 1.12 bits per heavy atom. The molecule has 0 radical (unpaired) electrons. The Balaban J connectivity index is 1.55. The van der Waals surface area contributed by atoms with E-state index in [2.05, 4.69) is 10.3 Å². The lowest BCUT2D eigenvalue weighted by Crippen LogP contribution is -2.30. The number of hydrogen-bond donors (Lipinski definition) is 1. The van der Waals surface area contributed by atoms with Crippen LogP contribution in [0.4, 0.5) is 0 Å². The quantitative estimate of drug-likeness (QED) is 0.889. The number of amides is 1. The maximum absolute atomic E-state index is 12.7. The zero-order valence-corrected chi connectivity index (χ0v) is 15.3. The second-order valence-corrected chi connectivity index (χ2v) is 8.39. The van der Waals surface area contributed by atoms with Crippen molar-refractivity contribution in [2.24, 2.45) is 5.92 Å². The standard InChI is InChI=1S/C19H25N3OS/c1-11-15-12(2)21-17(14-8-9-14)22-19(15)24-16(11)18(23)20-10-13-6-4-3-5-7-13/h13-14H,3-10H2,1-2H3,(H,20,23). The molecule has 2 heterocycles. The lowest BCUT2D eigenvalue weighted by Gasteiger charge is -2.21. The number of nitrogens with zero attached hydrogens (tertiary/aromatic N) is 2. The Bertz CT molecular complexity index is 773. The van der Waals surface area contributed by atoms with Gasteiger partial charge in [0.1, 0.15) is 10.7 Å². The van der Waals surface area contributed by atoms with Gasteiger partial charge in [0.05, 0.1) is 10.6 Å². The fourth-order valence-corrected chi connectivity index (χ4v) is 4.96. The van der Waals surface area contributed by atoms with Crippen LogP contribution in [0.3, 0.4) is 0 Å². The first-order valence-corrected chi connectivity index (χ1v) is 10.0. The minimum absolute atomic E-state index is 0.0634. The molecule has 2 aliphatic rings. The van der Waals surface area contributed by atoms with Crippen LogP contribution in [-0.4, -0.2) is 22.4 Å². The van der Waals surface area contributed by atoms with Crippen LogP contribution in [0.1, 0.15) is 77.6 Å². The number of aromatic nitrogens is 2. The summed E-state index contributed by atoms with van der Waals surface area (Å²) in [6.45, 7) is 4.88. The van der Waals surface area contributed by atoms with Crippen LogP contribution < -0.4 is 5.32 Å². The zero-order valence-electron chi connectivity index (χ0n) is 14.5. The maximum Gasteiger partial charge on any atom is 0.261 e. The highest BCUT2D eigenvalue weighted by Gasteiger charge is 2.28. The first-order chi connectivity index (χ1) is 11.6. The van der Waals surface area contributed by atoms with Crippen molar-refractivity contribution in [2.45, 2.75) is 64.7 Å². The topological polar surface area (TPSA) is 54.9 Å². The van der Waals surface area contributed by atoms with Crippen LogP contribution >= 0.6 is 11.3 Å². The molecule has 4 nitrogen and oxygen atoms in total. The summed E-state index contributed by atoms with van der Waals surface area (Å²) in [4.78, 5) is 23.9. The molecule has 2 saturated carbocycles. The van der Waals surface area contributed by atoms with Gasteiger partial charge in [-0.05, 0) is 51.0 Å². The number of thiophene rings is 1. The molecule has 0 spiro atoms. The largest absolute Gasteiger partial charge is 0.351 e. The molecule has 0 aliphatic heterocycles. The molecule has 1 N–H and O–H groups in total. The summed E-state index contributed by atoms with van der Waals surface area (Å²) >= 11 is 1.53. The Labute approximate surface area is 147 Å². The van der Waals surface area contributed by atoms with E-state index in [0.29, 0.717) is 11.8 Å². The molecule has 0 unspecified atom stereocenters. The molecule has 2 aromatic heterocycles. The van der Waals surface area contributed by atoms with Crippen LogP contribution in [-0.2, 0) is 0 Å². The van der Waals surface area contributed by atoms with Gasteiger partial charge in [-0.1, -0.05) is 19.3 Å². The number of carbonyl (C=O) groups excluding carboxylic acids is 1. The summed E-state index contributed by atoms with van der Waals surface area (Å²) in [7, 11) is 0. The van der Waals surface area contributed by atoms with Crippen molar-refractivity contribution >= 4 is 27.5 Å². The molecule has 1 amide bonds. The first-order valence-electron chi connectivity index (χ1n) is 9.19. The number of hydrogen-bond acceptors (Lipinski definition) is 4. The molecular formula is C19H25N3OS. The molecule has 0 saturated heterocycles. The molecule has 4 rings (SSSR count). The van der Waals surface area contributed by atoms with Gasteiger partial charge < -0.3 is 5.32 Å². The third kappa shape index (κ3) is 3.06. The molecule has 0 atom stereocenters. The van der Waals surface area contributed by atoms with E-state index in [1.54, 1.807) is 0 Å². The normalized spacial score (nSPS) is 18.9. The van der Waals surface area contributed by atoms with Gasteiger partial charge in [0, 0.05) is 17.8 Å². The summed E-state index contributed by atoms with van der Waals surface area (Å²) < 4.78 is 0. The summed E-state index contributed by atoms with van der Waals surface area (Å²) in [5, 5.41) is 4.24. The monoisotopic (exact) mass is 343 g/mol. The van der Waals surface area contributed by atoms with Crippen molar-refractivity contribution in [3.05, 3.63) is 22.0 Å². The van der Waals surface area contributed by atoms with Crippen molar-refractivity contribution in [3.63, 3.8) is 0 Å². The van der Waals surface area contributed by atoms with Gasteiger partial charge in [-0.15, -0.1) is 11.3 Å². The van der Waals surface area contributed by atoms with Crippen molar-refractivity contribution in [1.82, 2.24) is 15.3 Å². The second kappa shape index (κ2) is 6.43. The molecule has 5 heteroatoms. The number of aryl methyl sites for hydroxylation is 2. The molecule has 128 valence electrons. The van der Waals surface area contributed by atoms with Crippen LogP contribution in [0.5, 0.6) is 0 Å². The highest BCUT2D eigenvalue weighted by Crippen LogP contribution is 2.40. The van der Waals surface area contributed by atoms with Crippen molar-refractivity contribution < 1.29 is 4.79 Å². The minimum Gasteiger partial charge on any atom is -0.351 e. The Kier molecular flexibility index (Phi) is 4.29. The highest BCUT2D eigenvalue weighted by atomic mass is 32.1. The fourth-order valence-electron chi connectivity index (χ4n) is 3.81. The average Bonchev–Trinajstić information content (AvgIpc) is 3.38. The smallest absolute Gasteiger partial charge is 0.261 e. The van der Waals surface area contributed by atoms with Gasteiger partial charge in [0.2, 0.25) is 0 Å². The molecule has 0 bridgehead atoms. The Hall–Kier alpha value is -1.49. The van der Waals surface area contributed by atoms with Crippen molar-refractivity contribution in [1.29, 1.82) is 0 Å². The zero-order chi connectivity index (χ0) is 16.7. The Morgan fingerprint density at radius 3 is 2.58 bits per heavy atom. The van der Waals surface area contributed by atoms with E-state index >= 15 is 0 Å². The maximum atomic E-state index is 12.7. The number of rotatable bonds is 4. The SMILES string of the molecule is Cc1nc(C2CC2)nc2sc(C(=O)NCC3CCCCC3)c(C)c12. The van der Waals surface area contributed by atoms with E-state index < -0.39 is 0 Å². The van der Waals surface area contributed by atoms with Gasteiger partial charge in [-0.2, -0.15) is 0 Å². The lowest BCUT2D eigenvalue weighted by molar-refractivity contribution is 0.0947. The number of carbonyl (C=O) groups is 1. The molecule has 2 aliphatic carbocycles. The van der Waals surface area contributed by atoms with Gasteiger partial charge >= 0.3 is 0 Å². The summed E-state index contributed by atoms with van der Waals surface area (Å²) in [5.74, 6) is 2.23. The third-order valence-electron chi connectivity index (χ3n) is 5.41. The van der Waals surface area contributed by atoms with Crippen molar-refractivity contribution in [2.75, 3.05) is 6.54 Å². The van der Waals surface area contributed by atoms with Crippen LogP contribution in [0.25, 0.3) is 10.2 Å². The second-order valence-electron chi connectivity index (χ2n) is 7.39. The van der Waals surface area contributed by atoms with E-state index in [-0.39, 0.29) is 5.91 Å². The third-order valence-corrected chi connectivity index (χ3v) is 6.60. The van der Waals surface area contributed by atoms with E-state index in [4.69, 9.17) is 4.98 Å². The molecular weight excluding hydrogens is 318 g/mol. The highest BCUT2D eigenvalue weighted by molar-refractivity contribution is 7.20. The minimum atomic E-state index is 0.0634. The molecule has 0 aromatic carbocycles. The summed E-state index contributed by atoms with van der Waals surface area (Å²) in [5.41, 5.74) is 2.05. The fraction of sp³-hybridized carbons (Fsp3) is 0.632. The predicted octanol–water partition coefficient (Wildman–Crippen LogP) is 4.50. The Morgan fingerprint density at radius 2 is 1.88 bits per heavy atom. The predicted molar refractivity (Wildman–Crippen MR) is 97.8 cm³/mol. The van der Waals surface area contributed by atoms with Crippen LogP contribution in [0.15, 0.2) is 0 Å². The van der Waals surface area contributed by atoms with E-state index in [1.165, 1.54) is 56.3 Å². The van der Waals surface area contributed by atoms with Gasteiger partial charge in [-0.3, -0.25) is 4.79 Å². The van der Waals surface area contributed by atoms with E-state index in [9.17, 15) is 4.79 Å². The van der Waals surface area contributed by atoms with E-state index in [1.807, 2.05) is 13.8 Å². The van der Waals surface area contributed by atoms with Crippen LogP contribution in [0.2, 0.25) is 0 Å². The molecule has 2 fully saturated rings. The summed E-state index contributed by atoms with van der Waals surface area (Å²) in [6.07, 6.45) is 8.86.